The largest absolute Gasteiger partial charge is 0.468 e. The molecular formula is C22H28N2O3. The van der Waals surface area contributed by atoms with Crippen LogP contribution in [-0.4, -0.2) is 53.6 Å². The summed E-state index contributed by atoms with van der Waals surface area (Å²) in [5.41, 5.74) is 1.11. The van der Waals surface area contributed by atoms with Crippen LogP contribution in [0.25, 0.3) is 6.08 Å². The van der Waals surface area contributed by atoms with Gasteiger partial charge in [-0.2, -0.15) is 0 Å². The van der Waals surface area contributed by atoms with Gasteiger partial charge in [-0.15, -0.1) is 0 Å². The molecule has 2 heterocycles. The van der Waals surface area contributed by atoms with Crippen LogP contribution in [0.3, 0.4) is 0 Å². The van der Waals surface area contributed by atoms with E-state index in [4.69, 9.17) is 4.42 Å². The van der Waals surface area contributed by atoms with Crippen LogP contribution in [0.2, 0.25) is 0 Å². The van der Waals surface area contributed by atoms with E-state index in [0.717, 1.165) is 43.8 Å². The third-order valence-electron chi connectivity index (χ3n) is 4.93. The number of furan rings is 1. The molecule has 1 aliphatic rings. The van der Waals surface area contributed by atoms with E-state index in [-0.39, 0.29) is 18.4 Å². The first-order chi connectivity index (χ1) is 13.3. The molecule has 1 aliphatic heterocycles. The molecule has 0 spiro atoms. The molecule has 5 heteroatoms. The number of carbonyl (C=O) groups excluding carboxylic acids is 1. The zero-order chi connectivity index (χ0) is 18.9. The maximum absolute atomic E-state index is 13.0. The first kappa shape index (κ1) is 19.4. The maximum atomic E-state index is 13.0. The van der Waals surface area contributed by atoms with Gasteiger partial charge in [0.25, 0.3) is 0 Å². The van der Waals surface area contributed by atoms with Crippen molar-refractivity contribution in [3.05, 3.63) is 66.1 Å². The van der Waals surface area contributed by atoms with E-state index in [0.29, 0.717) is 13.1 Å². The Bertz CT molecular complexity index is 712. The Labute approximate surface area is 160 Å². The van der Waals surface area contributed by atoms with Crippen molar-refractivity contribution in [1.29, 1.82) is 0 Å². The number of amides is 1. The van der Waals surface area contributed by atoms with Gasteiger partial charge in [0.1, 0.15) is 5.76 Å². The van der Waals surface area contributed by atoms with E-state index in [1.807, 2.05) is 54.6 Å². The summed E-state index contributed by atoms with van der Waals surface area (Å²) < 4.78 is 5.43. The summed E-state index contributed by atoms with van der Waals surface area (Å²) in [6.45, 7) is 3.33. The van der Waals surface area contributed by atoms with Gasteiger partial charge in [-0.3, -0.25) is 9.69 Å². The lowest BCUT2D eigenvalue weighted by Gasteiger charge is -2.34. The molecule has 1 saturated heterocycles. The Balaban J connectivity index is 1.57. The minimum absolute atomic E-state index is 0.0201. The Morgan fingerprint density at radius 1 is 1.26 bits per heavy atom. The van der Waals surface area contributed by atoms with E-state index < -0.39 is 0 Å². The smallest absolute Gasteiger partial charge is 0.227 e. The first-order valence-corrected chi connectivity index (χ1v) is 9.62. The van der Waals surface area contributed by atoms with E-state index >= 15 is 0 Å². The summed E-state index contributed by atoms with van der Waals surface area (Å²) in [7, 11) is 0. The molecule has 1 atom stereocenters. The number of nitrogens with zero attached hydrogens (tertiary/aromatic N) is 2. The second-order valence-corrected chi connectivity index (χ2v) is 6.97. The monoisotopic (exact) mass is 368 g/mol. The molecule has 0 radical (unpaired) electrons. The van der Waals surface area contributed by atoms with Gasteiger partial charge >= 0.3 is 0 Å². The van der Waals surface area contributed by atoms with E-state index in [1.54, 1.807) is 11.2 Å². The van der Waals surface area contributed by atoms with Crippen molar-refractivity contribution >= 4 is 12.0 Å². The number of piperidine rings is 1. The van der Waals surface area contributed by atoms with Crippen LogP contribution < -0.4 is 0 Å². The quantitative estimate of drug-likeness (QED) is 0.778. The molecule has 0 aliphatic carbocycles. The van der Waals surface area contributed by atoms with E-state index in [9.17, 15) is 9.90 Å². The number of rotatable bonds is 8. The standard InChI is InChI=1S/C22H28N2O3/c25-15-14-24(13-4-9-19-7-2-1-3-8-19)22(26)20-10-5-12-23(17-20)18-21-11-6-16-27-21/h1-4,6-9,11,16,20,25H,5,10,12-15,17-18H2. The average molecular weight is 368 g/mol. The lowest BCUT2D eigenvalue weighted by Crippen LogP contribution is -2.45. The maximum Gasteiger partial charge on any atom is 0.227 e. The highest BCUT2D eigenvalue weighted by molar-refractivity contribution is 5.79. The molecule has 2 aromatic rings. The fraction of sp³-hybridized carbons (Fsp3) is 0.409. The van der Waals surface area contributed by atoms with E-state index in [1.165, 1.54) is 0 Å². The van der Waals surface area contributed by atoms with Crippen LogP contribution in [0, 0.1) is 5.92 Å². The SMILES string of the molecule is O=C(C1CCCN(Cc2ccco2)C1)N(CC=Cc1ccccc1)CCO. The van der Waals surface area contributed by atoms with Crippen LogP contribution >= 0.6 is 0 Å². The summed E-state index contributed by atoms with van der Waals surface area (Å²) in [5.74, 6) is 1.04. The van der Waals surface area contributed by atoms with Gasteiger partial charge in [-0.05, 0) is 37.1 Å². The molecule has 144 valence electrons. The lowest BCUT2D eigenvalue weighted by molar-refractivity contribution is -0.137. The predicted octanol–water partition coefficient (Wildman–Crippen LogP) is 3.03. The number of carbonyl (C=O) groups is 1. The van der Waals surface area contributed by atoms with Gasteiger partial charge in [0.05, 0.1) is 25.3 Å². The van der Waals surface area contributed by atoms with Crippen LogP contribution in [0.4, 0.5) is 0 Å². The van der Waals surface area contributed by atoms with Gasteiger partial charge in [0.15, 0.2) is 0 Å². The lowest BCUT2D eigenvalue weighted by atomic mass is 9.96. The Morgan fingerprint density at radius 2 is 2.11 bits per heavy atom. The molecular weight excluding hydrogens is 340 g/mol. The second kappa shape index (κ2) is 10.1. The molecule has 1 N–H and O–H groups in total. The molecule has 1 unspecified atom stereocenters. The Morgan fingerprint density at radius 3 is 2.85 bits per heavy atom. The first-order valence-electron chi connectivity index (χ1n) is 9.62. The molecule has 0 saturated carbocycles. The number of hydrogen-bond acceptors (Lipinski definition) is 4. The minimum Gasteiger partial charge on any atom is -0.468 e. The number of hydrogen-bond donors (Lipinski definition) is 1. The number of benzene rings is 1. The van der Waals surface area contributed by atoms with Gasteiger partial charge in [0, 0.05) is 19.6 Å². The zero-order valence-electron chi connectivity index (χ0n) is 15.7. The average Bonchev–Trinajstić information content (AvgIpc) is 3.21. The molecule has 1 aromatic heterocycles. The second-order valence-electron chi connectivity index (χ2n) is 6.97. The van der Waals surface area contributed by atoms with Crippen LogP contribution in [0.5, 0.6) is 0 Å². The highest BCUT2D eigenvalue weighted by atomic mass is 16.3. The summed E-state index contributed by atoms with van der Waals surface area (Å²) in [6.07, 6.45) is 7.60. The molecule has 1 amide bonds. The molecule has 1 aromatic carbocycles. The van der Waals surface area contributed by atoms with Crippen molar-refractivity contribution in [3.8, 4) is 0 Å². The van der Waals surface area contributed by atoms with Crippen molar-refractivity contribution in [2.24, 2.45) is 5.92 Å². The number of likely N-dealkylation sites (tertiary alicyclic amines) is 1. The highest BCUT2D eigenvalue weighted by Gasteiger charge is 2.29. The molecule has 3 rings (SSSR count). The van der Waals surface area contributed by atoms with Crippen LogP contribution in [0.15, 0.2) is 59.2 Å². The normalized spacial score (nSPS) is 18.0. The van der Waals surface area contributed by atoms with E-state index in [2.05, 4.69) is 4.90 Å². The summed E-state index contributed by atoms with van der Waals surface area (Å²) >= 11 is 0. The molecule has 1 fully saturated rings. The third kappa shape index (κ3) is 5.81. The Hall–Kier alpha value is -2.37. The Kier molecular flexibility index (Phi) is 7.25. The van der Waals surface area contributed by atoms with Crippen molar-refractivity contribution in [2.45, 2.75) is 19.4 Å². The minimum atomic E-state index is -0.0228. The van der Waals surface area contributed by atoms with Gasteiger partial charge < -0.3 is 14.4 Å². The molecule has 5 nitrogen and oxygen atoms in total. The molecule has 27 heavy (non-hydrogen) atoms. The number of aliphatic hydroxyl groups excluding tert-OH is 1. The predicted molar refractivity (Wildman–Crippen MR) is 106 cm³/mol. The van der Waals surface area contributed by atoms with Crippen molar-refractivity contribution < 1.29 is 14.3 Å². The van der Waals surface area contributed by atoms with Gasteiger partial charge in [0.2, 0.25) is 5.91 Å². The highest BCUT2D eigenvalue weighted by Crippen LogP contribution is 2.21. The fourth-order valence-electron chi connectivity index (χ4n) is 3.57. The van der Waals surface area contributed by atoms with Gasteiger partial charge in [-0.25, -0.2) is 0 Å². The zero-order valence-corrected chi connectivity index (χ0v) is 15.7. The summed E-state index contributed by atoms with van der Waals surface area (Å²) in [4.78, 5) is 17.1. The summed E-state index contributed by atoms with van der Waals surface area (Å²) in [5, 5.41) is 9.38. The summed E-state index contributed by atoms with van der Waals surface area (Å²) in [6, 6.07) is 13.9. The van der Waals surface area contributed by atoms with Gasteiger partial charge in [-0.1, -0.05) is 42.5 Å². The van der Waals surface area contributed by atoms with Crippen molar-refractivity contribution in [2.75, 3.05) is 32.8 Å². The van der Waals surface area contributed by atoms with Crippen LogP contribution in [-0.2, 0) is 11.3 Å². The van der Waals surface area contributed by atoms with Crippen LogP contribution in [0.1, 0.15) is 24.2 Å². The topological polar surface area (TPSA) is 56.9 Å². The fourth-order valence-corrected chi connectivity index (χ4v) is 3.57. The third-order valence-corrected chi connectivity index (χ3v) is 4.93. The number of aliphatic hydroxyl groups is 1. The van der Waals surface area contributed by atoms with Crippen molar-refractivity contribution in [3.63, 3.8) is 0 Å². The van der Waals surface area contributed by atoms with Crippen molar-refractivity contribution in [1.82, 2.24) is 9.80 Å². The molecule has 0 bridgehead atoms.